The fraction of sp³-hybridized carbons (Fsp3) is 0.100. The number of esters is 1. The minimum absolute atomic E-state index is 0.0108. The first-order valence-electron chi connectivity index (χ1n) is 4.58. The molecule has 4 N–H and O–H groups in total. The lowest BCUT2D eigenvalue weighted by atomic mass is 10.1. The monoisotopic (exact) mass is 237 g/mol. The van der Waals surface area contributed by atoms with Gasteiger partial charge in [-0.25, -0.2) is 4.79 Å². The number of nitro benzene ring substituents is 1. The summed E-state index contributed by atoms with van der Waals surface area (Å²) in [5, 5.41) is 10.7. The minimum Gasteiger partial charge on any atom is -0.458 e. The maximum atomic E-state index is 11.5. The third-order valence-electron chi connectivity index (χ3n) is 1.95. The van der Waals surface area contributed by atoms with Crippen molar-refractivity contribution < 1.29 is 14.5 Å². The molecule has 1 aromatic carbocycles. The lowest BCUT2D eigenvalue weighted by molar-refractivity contribution is -0.383. The largest absolute Gasteiger partial charge is 0.458 e. The van der Waals surface area contributed by atoms with Crippen LogP contribution in [-0.4, -0.2) is 17.5 Å². The molecule has 7 nitrogen and oxygen atoms in total. The van der Waals surface area contributed by atoms with E-state index in [4.69, 9.17) is 16.2 Å². The SMILES string of the molecule is C=CCOC(=O)c1cc(N)c(N)c([N+](=O)[O-])c1. The van der Waals surface area contributed by atoms with Gasteiger partial charge in [-0.15, -0.1) is 0 Å². The molecule has 0 aromatic heterocycles. The Morgan fingerprint density at radius 2 is 2.18 bits per heavy atom. The van der Waals surface area contributed by atoms with E-state index in [-0.39, 0.29) is 23.5 Å². The number of nitrogens with zero attached hydrogens (tertiary/aromatic N) is 1. The second-order valence-corrected chi connectivity index (χ2v) is 3.14. The van der Waals surface area contributed by atoms with E-state index in [0.717, 1.165) is 6.07 Å². The predicted molar refractivity (Wildman–Crippen MR) is 62.4 cm³/mol. The highest BCUT2D eigenvalue weighted by molar-refractivity contribution is 5.94. The summed E-state index contributed by atoms with van der Waals surface area (Å²) in [6, 6.07) is 2.25. The molecule has 0 aliphatic carbocycles. The smallest absolute Gasteiger partial charge is 0.338 e. The van der Waals surface area contributed by atoms with E-state index < -0.39 is 16.6 Å². The highest BCUT2D eigenvalue weighted by Gasteiger charge is 2.19. The molecule has 0 radical (unpaired) electrons. The predicted octanol–water partition coefficient (Wildman–Crippen LogP) is 1.10. The molecular weight excluding hydrogens is 226 g/mol. The van der Waals surface area contributed by atoms with Crippen molar-refractivity contribution in [3.63, 3.8) is 0 Å². The van der Waals surface area contributed by atoms with Crippen molar-refractivity contribution in [1.82, 2.24) is 0 Å². The first-order valence-corrected chi connectivity index (χ1v) is 4.58. The average Bonchev–Trinajstić information content (AvgIpc) is 2.28. The van der Waals surface area contributed by atoms with E-state index in [1.807, 2.05) is 0 Å². The van der Waals surface area contributed by atoms with Crippen LogP contribution in [0.3, 0.4) is 0 Å². The fourth-order valence-electron chi connectivity index (χ4n) is 1.15. The molecule has 17 heavy (non-hydrogen) atoms. The molecule has 0 heterocycles. The summed E-state index contributed by atoms with van der Waals surface area (Å²) in [5.41, 5.74) is 10.2. The van der Waals surface area contributed by atoms with Crippen molar-refractivity contribution in [1.29, 1.82) is 0 Å². The van der Waals surface area contributed by atoms with Crippen LogP contribution in [0.4, 0.5) is 17.1 Å². The molecule has 7 heteroatoms. The molecule has 0 fully saturated rings. The number of nitrogens with two attached hydrogens (primary N) is 2. The van der Waals surface area contributed by atoms with Gasteiger partial charge in [0.25, 0.3) is 5.69 Å². The summed E-state index contributed by atoms with van der Waals surface area (Å²) in [7, 11) is 0. The summed E-state index contributed by atoms with van der Waals surface area (Å²) in [6.45, 7) is 3.38. The number of hydrogen-bond acceptors (Lipinski definition) is 6. The van der Waals surface area contributed by atoms with Crippen LogP contribution in [-0.2, 0) is 4.74 Å². The first-order chi connectivity index (χ1) is 7.97. The standard InChI is InChI=1S/C10H11N3O4/c1-2-3-17-10(14)6-4-7(11)9(12)8(5-6)13(15)16/h2,4-5H,1,3,11-12H2. The number of nitrogen functional groups attached to an aromatic ring is 2. The van der Waals surface area contributed by atoms with Crippen LogP contribution >= 0.6 is 0 Å². The molecule has 0 amide bonds. The Balaban J connectivity index is 3.14. The number of ether oxygens (including phenoxy) is 1. The van der Waals surface area contributed by atoms with E-state index in [9.17, 15) is 14.9 Å². The van der Waals surface area contributed by atoms with Gasteiger partial charge in [0.2, 0.25) is 0 Å². The van der Waals surface area contributed by atoms with Crippen LogP contribution in [0.5, 0.6) is 0 Å². The van der Waals surface area contributed by atoms with Crippen LogP contribution in [0.1, 0.15) is 10.4 Å². The molecule has 0 saturated carbocycles. The number of carbonyl (C=O) groups excluding carboxylic acids is 1. The van der Waals surface area contributed by atoms with E-state index in [1.54, 1.807) is 0 Å². The van der Waals surface area contributed by atoms with Gasteiger partial charge in [0.15, 0.2) is 0 Å². The molecule has 1 aromatic rings. The molecule has 0 spiro atoms. The number of anilines is 2. The van der Waals surface area contributed by atoms with Crippen molar-refractivity contribution in [2.24, 2.45) is 0 Å². The second-order valence-electron chi connectivity index (χ2n) is 3.14. The highest BCUT2D eigenvalue weighted by Crippen LogP contribution is 2.29. The third kappa shape index (κ3) is 2.71. The first kappa shape index (κ1) is 12.5. The zero-order valence-corrected chi connectivity index (χ0v) is 8.88. The quantitative estimate of drug-likeness (QED) is 0.266. The Kier molecular flexibility index (Phi) is 3.66. The number of hydrogen-bond donors (Lipinski definition) is 2. The summed E-state index contributed by atoms with van der Waals surface area (Å²) in [6.07, 6.45) is 1.38. The van der Waals surface area contributed by atoms with Crippen LogP contribution in [0.2, 0.25) is 0 Å². The molecule has 1 rings (SSSR count). The van der Waals surface area contributed by atoms with Gasteiger partial charge in [0.05, 0.1) is 16.2 Å². The Hall–Kier alpha value is -2.57. The Labute approximate surface area is 96.8 Å². The van der Waals surface area contributed by atoms with Crippen molar-refractivity contribution in [3.8, 4) is 0 Å². The normalized spacial score (nSPS) is 9.65. The van der Waals surface area contributed by atoms with Gasteiger partial charge in [-0.2, -0.15) is 0 Å². The molecule has 0 unspecified atom stereocenters. The Bertz CT molecular complexity index is 485. The molecule has 0 aliphatic rings. The van der Waals surface area contributed by atoms with Crippen molar-refractivity contribution in [2.75, 3.05) is 18.1 Å². The van der Waals surface area contributed by atoms with Gasteiger partial charge in [-0.1, -0.05) is 12.7 Å². The number of nitro groups is 1. The van der Waals surface area contributed by atoms with E-state index in [0.29, 0.717) is 0 Å². The summed E-state index contributed by atoms with van der Waals surface area (Å²) >= 11 is 0. The zero-order valence-electron chi connectivity index (χ0n) is 8.88. The van der Waals surface area contributed by atoms with Crippen LogP contribution < -0.4 is 11.5 Å². The van der Waals surface area contributed by atoms with Crippen molar-refractivity contribution in [2.45, 2.75) is 0 Å². The van der Waals surface area contributed by atoms with Gasteiger partial charge in [-0.05, 0) is 6.07 Å². The van der Waals surface area contributed by atoms with E-state index in [2.05, 4.69) is 6.58 Å². The van der Waals surface area contributed by atoms with Gasteiger partial charge < -0.3 is 16.2 Å². The van der Waals surface area contributed by atoms with Crippen molar-refractivity contribution >= 4 is 23.0 Å². The maximum Gasteiger partial charge on any atom is 0.338 e. The molecule has 90 valence electrons. The van der Waals surface area contributed by atoms with Gasteiger partial charge in [-0.3, -0.25) is 10.1 Å². The Morgan fingerprint density at radius 1 is 1.53 bits per heavy atom. The van der Waals surface area contributed by atoms with E-state index >= 15 is 0 Å². The lowest BCUT2D eigenvalue weighted by Crippen LogP contribution is -2.08. The van der Waals surface area contributed by atoms with Gasteiger partial charge >= 0.3 is 5.97 Å². The summed E-state index contributed by atoms with van der Waals surface area (Å²) in [5.74, 6) is -0.722. The summed E-state index contributed by atoms with van der Waals surface area (Å²) in [4.78, 5) is 21.4. The molecular formula is C10H11N3O4. The van der Waals surface area contributed by atoms with Crippen LogP contribution in [0.15, 0.2) is 24.8 Å². The third-order valence-corrected chi connectivity index (χ3v) is 1.95. The zero-order chi connectivity index (χ0) is 13.0. The topological polar surface area (TPSA) is 121 Å². The molecule has 0 bridgehead atoms. The fourth-order valence-corrected chi connectivity index (χ4v) is 1.15. The second kappa shape index (κ2) is 4.97. The van der Waals surface area contributed by atoms with Crippen LogP contribution in [0, 0.1) is 10.1 Å². The number of benzene rings is 1. The minimum atomic E-state index is -0.722. The van der Waals surface area contributed by atoms with Crippen LogP contribution in [0.25, 0.3) is 0 Å². The van der Waals surface area contributed by atoms with Gasteiger partial charge in [0.1, 0.15) is 12.3 Å². The lowest BCUT2D eigenvalue weighted by Gasteiger charge is -2.05. The molecule has 0 saturated heterocycles. The summed E-state index contributed by atoms with van der Waals surface area (Å²) < 4.78 is 4.73. The molecule has 0 aliphatic heterocycles. The van der Waals surface area contributed by atoms with Gasteiger partial charge in [0, 0.05) is 6.07 Å². The number of carbonyl (C=O) groups is 1. The van der Waals surface area contributed by atoms with E-state index in [1.165, 1.54) is 12.1 Å². The molecule has 0 atom stereocenters. The van der Waals surface area contributed by atoms with Crippen molar-refractivity contribution in [3.05, 3.63) is 40.5 Å². The highest BCUT2D eigenvalue weighted by atomic mass is 16.6. The maximum absolute atomic E-state index is 11.5. The average molecular weight is 237 g/mol. The Morgan fingerprint density at radius 3 is 2.71 bits per heavy atom. The number of rotatable bonds is 4.